The molecule has 220 valence electrons. The SMILES string of the molecule is CCOc1cnc(N2C(=O)N(C)CC2O)cc1C(F)(F)F.CN1CC(O)N(c2cc(C(F)(F)F)c(I)cn2)C1=O. The van der Waals surface area contributed by atoms with E-state index in [1.54, 1.807) is 6.92 Å². The van der Waals surface area contributed by atoms with Gasteiger partial charge in [-0.05, 0) is 41.6 Å². The number of ether oxygens (including phenoxy) is 1. The molecule has 0 aromatic carbocycles. The van der Waals surface area contributed by atoms with Gasteiger partial charge in [0, 0.05) is 23.9 Å². The van der Waals surface area contributed by atoms with Crippen molar-refractivity contribution in [2.24, 2.45) is 0 Å². The Balaban J connectivity index is 0.000000222. The minimum absolute atomic E-state index is 0.00488. The van der Waals surface area contributed by atoms with Gasteiger partial charge in [-0.3, -0.25) is 0 Å². The highest BCUT2D eigenvalue weighted by molar-refractivity contribution is 14.1. The number of aliphatic hydroxyl groups is 2. The average Bonchev–Trinajstić information content (AvgIpc) is 3.25. The lowest BCUT2D eigenvalue weighted by atomic mass is 10.2. The molecule has 2 aliphatic rings. The molecule has 0 bridgehead atoms. The van der Waals surface area contributed by atoms with Gasteiger partial charge in [-0.1, -0.05) is 0 Å². The Bertz CT molecular complexity index is 1270. The first-order valence-corrected chi connectivity index (χ1v) is 12.4. The number of aromatic nitrogens is 2. The Morgan fingerprint density at radius 2 is 1.30 bits per heavy atom. The first-order chi connectivity index (χ1) is 18.5. The van der Waals surface area contributed by atoms with Crippen LogP contribution in [-0.4, -0.2) is 88.3 Å². The van der Waals surface area contributed by atoms with Gasteiger partial charge < -0.3 is 24.7 Å². The van der Waals surface area contributed by atoms with Crippen LogP contribution in [0.1, 0.15) is 18.1 Å². The Morgan fingerprint density at radius 3 is 1.68 bits per heavy atom. The molecule has 2 aliphatic heterocycles. The molecule has 0 aliphatic carbocycles. The Labute approximate surface area is 237 Å². The van der Waals surface area contributed by atoms with Crippen molar-refractivity contribution in [1.82, 2.24) is 19.8 Å². The lowest BCUT2D eigenvalue weighted by Gasteiger charge is -2.20. The summed E-state index contributed by atoms with van der Waals surface area (Å²) in [6, 6.07) is 0.259. The molecule has 11 nitrogen and oxygen atoms in total. The van der Waals surface area contributed by atoms with E-state index in [4.69, 9.17) is 4.74 Å². The molecule has 2 unspecified atom stereocenters. The number of pyridine rings is 2. The van der Waals surface area contributed by atoms with Gasteiger partial charge in [-0.2, -0.15) is 26.3 Å². The van der Waals surface area contributed by atoms with Gasteiger partial charge in [0.2, 0.25) is 0 Å². The number of carbonyl (C=O) groups is 2. The second kappa shape index (κ2) is 11.8. The molecule has 4 amide bonds. The fourth-order valence-corrected chi connectivity index (χ4v) is 4.37. The van der Waals surface area contributed by atoms with E-state index in [-0.39, 0.29) is 34.9 Å². The van der Waals surface area contributed by atoms with Gasteiger partial charge in [0.1, 0.15) is 22.9 Å². The second-order valence-corrected chi connectivity index (χ2v) is 9.68. The predicted molar refractivity (Wildman–Crippen MR) is 135 cm³/mol. The number of anilines is 2. The minimum atomic E-state index is -4.65. The number of rotatable bonds is 4. The van der Waals surface area contributed by atoms with Crippen molar-refractivity contribution in [2.45, 2.75) is 31.7 Å². The molecule has 2 atom stereocenters. The van der Waals surface area contributed by atoms with Crippen LogP contribution in [-0.2, 0) is 12.4 Å². The van der Waals surface area contributed by atoms with E-state index in [0.29, 0.717) is 6.07 Å². The number of nitrogens with zero attached hydrogens (tertiary/aromatic N) is 6. The van der Waals surface area contributed by atoms with Crippen molar-refractivity contribution in [1.29, 1.82) is 0 Å². The molecular formula is C22H23F6IN6O5. The second-order valence-electron chi connectivity index (χ2n) is 8.52. The van der Waals surface area contributed by atoms with E-state index in [9.17, 15) is 46.1 Å². The molecule has 4 heterocycles. The van der Waals surface area contributed by atoms with Crippen LogP contribution in [0.25, 0.3) is 0 Å². The normalized spacial score (nSPS) is 19.8. The van der Waals surface area contributed by atoms with Crippen molar-refractivity contribution >= 4 is 46.3 Å². The zero-order chi connectivity index (χ0) is 30.2. The van der Waals surface area contributed by atoms with E-state index >= 15 is 0 Å². The summed E-state index contributed by atoms with van der Waals surface area (Å²) in [7, 11) is 2.88. The average molecular weight is 692 g/mol. The van der Waals surface area contributed by atoms with E-state index in [1.807, 2.05) is 0 Å². The first kappa shape index (κ1) is 31.4. The van der Waals surface area contributed by atoms with Crippen LogP contribution in [0.3, 0.4) is 0 Å². The molecule has 0 radical (unpaired) electrons. The van der Waals surface area contributed by atoms with Gasteiger partial charge >= 0.3 is 24.4 Å². The van der Waals surface area contributed by atoms with E-state index in [0.717, 1.165) is 28.3 Å². The molecule has 2 aromatic heterocycles. The highest BCUT2D eigenvalue weighted by atomic mass is 127. The topological polar surface area (TPSA) is 123 Å². The quantitative estimate of drug-likeness (QED) is 0.371. The number of urea groups is 2. The number of halogens is 7. The number of hydrogen-bond donors (Lipinski definition) is 2. The third-order valence-electron chi connectivity index (χ3n) is 5.63. The number of carbonyl (C=O) groups excluding carboxylic acids is 2. The number of hydrogen-bond acceptors (Lipinski definition) is 7. The van der Waals surface area contributed by atoms with Crippen LogP contribution in [0, 0.1) is 3.57 Å². The van der Waals surface area contributed by atoms with E-state index in [1.165, 1.54) is 46.5 Å². The lowest BCUT2D eigenvalue weighted by Crippen LogP contribution is -2.35. The third-order valence-corrected chi connectivity index (χ3v) is 6.49. The van der Waals surface area contributed by atoms with Crippen LogP contribution in [0.2, 0.25) is 0 Å². The summed E-state index contributed by atoms with van der Waals surface area (Å²) >= 11 is 1.52. The zero-order valence-electron chi connectivity index (χ0n) is 21.0. The van der Waals surface area contributed by atoms with Crippen LogP contribution >= 0.6 is 22.6 Å². The molecule has 18 heteroatoms. The van der Waals surface area contributed by atoms with Crippen molar-refractivity contribution in [3.63, 3.8) is 0 Å². The molecule has 2 saturated heterocycles. The summed E-state index contributed by atoms with van der Waals surface area (Å²) in [4.78, 5) is 35.2. The maximum absolute atomic E-state index is 13.0. The van der Waals surface area contributed by atoms with Crippen molar-refractivity contribution < 1.29 is 50.9 Å². The molecule has 0 saturated carbocycles. The van der Waals surface area contributed by atoms with E-state index < -0.39 is 53.7 Å². The Morgan fingerprint density at radius 1 is 0.875 bits per heavy atom. The maximum Gasteiger partial charge on any atom is 0.420 e. The molecule has 40 heavy (non-hydrogen) atoms. The standard InChI is InChI=1S/C12H14F3N3O3.C10H9F3IN3O2/c1-3-21-8-5-16-9(4-7(8)12(13,14)15)18-10(19)6-17(2)11(18)20;1-16-4-8(18)17(9(16)19)7-2-5(10(11,12)13)6(14)3-15-7/h4-5,10,19H,3,6H2,1-2H3;2-3,8,18H,4H2,1H3. The summed E-state index contributed by atoms with van der Waals surface area (Å²) in [6.45, 7) is 1.62. The molecule has 0 spiro atoms. The first-order valence-electron chi connectivity index (χ1n) is 11.3. The largest absolute Gasteiger partial charge is 0.492 e. The monoisotopic (exact) mass is 692 g/mol. The Kier molecular flexibility index (Phi) is 9.24. The van der Waals surface area contributed by atoms with Crippen LogP contribution in [0.4, 0.5) is 47.6 Å². The molecule has 2 aromatic rings. The number of alkyl halides is 6. The third kappa shape index (κ3) is 6.60. The van der Waals surface area contributed by atoms with Crippen molar-refractivity contribution in [3.8, 4) is 5.75 Å². The molecular weight excluding hydrogens is 669 g/mol. The summed E-state index contributed by atoms with van der Waals surface area (Å²) in [6.07, 6.45) is -9.70. The van der Waals surface area contributed by atoms with Gasteiger partial charge in [0.05, 0.1) is 31.5 Å². The fourth-order valence-electron chi connectivity index (χ4n) is 3.77. The minimum Gasteiger partial charge on any atom is -0.492 e. The summed E-state index contributed by atoms with van der Waals surface area (Å²) in [5.74, 6) is -0.898. The number of likely N-dealkylation sites (N-methyl/N-ethyl adjacent to an activating group) is 2. The molecule has 4 rings (SSSR count). The number of β-amino-alcohol motifs (C(OH)–C–C–N with tert-alkyl or cyclic N) is 2. The van der Waals surface area contributed by atoms with Crippen molar-refractivity contribution in [3.05, 3.63) is 39.2 Å². The number of aliphatic hydroxyl groups excluding tert-OH is 2. The highest BCUT2D eigenvalue weighted by Gasteiger charge is 2.41. The molecule has 2 N–H and O–H groups in total. The zero-order valence-corrected chi connectivity index (χ0v) is 23.2. The lowest BCUT2D eigenvalue weighted by molar-refractivity contribution is -0.139. The van der Waals surface area contributed by atoms with Crippen LogP contribution in [0.15, 0.2) is 24.5 Å². The maximum atomic E-state index is 13.0. The highest BCUT2D eigenvalue weighted by Crippen LogP contribution is 2.38. The smallest absolute Gasteiger partial charge is 0.420 e. The Hall–Kier alpha value is -3.13. The van der Waals surface area contributed by atoms with Crippen molar-refractivity contribution in [2.75, 3.05) is 43.6 Å². The van der Waals surface area contributed by atoms with Gasteiger partial charge in [0.15, 0.2) is 12.5 Å². The fraction of sp³-hybridized carbons (Fsp3) is 0.455. The van der Waals surface area contributed by atoms with Gasteiger partial charge in [-0.25, -0.2) is 29.4 Å². The molecule has 2 fully saturated rings. The predicted octanol–water partition coefficient (Wildman–Crippen LogP) is 3.58. The van der Waals surface area contributed by atoms with Gasteiger partial charge in [0.25, 0.3) is 0 Å². The van der Waals surface area contributed by atoms with Crippen LogP contribution in [0.5, 0.6) is 5.75 Å². The van der Waals surface area contributed by atoms with Gasteiger partial charge in [-0.15, -0.1) is 0 Å². The summed E-state index contributed by atoms with van der Waals surface area (Å²) < 4.78 is 82.2. The van der Waals surface area contributed by atoms with Crippen LogP contribution < -0.4 is 14.5 Å². The van der Waals surface area contributed by atoms with E-state index in [2.05, 4.69) is 9.97 Å². The summed E-state index contributed by atoms with van der Waals surface area (Å²) in [5.41, 5.74) is -1.92. The number of amides is 4. The summed E-state index contributed by atoms with van der Waals surface area (Å²) in [5, 5.41) is 19.4.